The predicted molar refractivity (Wildman–Crippen MR) is 29.2 cm³/mol. The Morgan fingerprint density at radius 2 is 1.25 bits per heavy atom. The summed E-state index contributed by atoms with van der Waals surface area (Å²) in [7, 11) is 0. The van der Waals surface area contributed by atoms with Gasteiger partial charge < -0.3 is 47.2 Å². The summed E-state index contributed by atoms with van der Waals surface area (Å²) in [6.07, 6.45) is -2.72. The van der Waals surface area contributed by atoms with E-state index >= 15 is 0 Å². The first kappa shape index (κ1) is 26.0. The minimum atomic E-state index is -2.97. The van der Waals surface area contributed by atoms with E-state index in [1.54, 1.807) is 0 Å². The number of carboxylic acids is 3. The monoisotopic (exact) mass is 286 g/mol. The fraction of sp³-hybridized carbons (Fsp3) is 0.500. The van der Waals surface area contributed by atoms with Gasteiger partial charge in [-0.15, -0.1) is 0 Å². The molecule has 0 saturated heterocycles. The summed E-state index contributed by atoms with van der Waals surface area (Å²) in [5, 5.41) is 38.9. The van der Waals surface area contributed by atoms with Crippen LogP contribution in [0.15, 0.2) is 0 Å². The molecule has 82 valence electrons. The summed E-state index contributed by atoms with van der Waals surface area (Å²) in [5.74, 6) is -5.98. The van der Waals surface area contributed by atoms with Crippen LogP contribution in [0.5, 0.6) is 0 Å². The van der Waals surface area contributed by atoms with Gasteiger partial charge in [0.15, 0.2) is 0 Å². The Bertz CT molecular complexity index is 243. The Morgan fingerprint density at radius 3 is 1.38 bits per heavy atom. The van der Waals surface area contributed by atoms with Gasteiger partial charge in [0.2, 0.25) is 0 Å². The van der Waals surface area contributed by atoms with E-state index in [1.807, 2.05) is 0 Å². The fourth-order valence-corrected chi connectivity index (χ4v) is 0.684. The van der Waals surface area contributed by atoms with Crippen molar-refractivity contribution < 1.29 is 128 Å². The zero-order chi connectivity index (χ0) is 10.6. The molecule has 16 heavy (non-hydrogen) atoms. The number of carbonyl (C=O) groups excluding carboxylic acids is 3. The van der Waals surface area contributed by atoms with Crippen molar-refractivity contribution >= 4 is 17.9 Å². The number of hydrogen-bond acceptors (Lipinski definition) is 7. The largest absolute Gasteiger partial charge is 1.00 e. The zero-order valence-corrected chi connectivity index (χ0v) is 14.6. The molecule has 1 N–H and O–H groups in total. The minimum Gasteiger partial charge on any atom is -1.00 e. The van der Waals surface area contributed by atoms with Gasteiger partial charge in [-0.3, -0.25) is 0 Å². The third-order valence-electron chi connectivity index (χ3n) is 1.25. The van der Waals surface area contributed by atoms with Crippen molar-refractivity contribution in [2.45, 2.75) is 18.4 Å². The van der Waals surface area contributed by atoms with Crippen LogP contribution < -0.4 is 109 Å². The van der Waals surface area contributed by atoms with E-state index in [-0.39, 0.29) is 93.3 Å². The van der Waals surface area contributed by atoms with Crippen molar-refractivity contribution in [1.29, 1.82) is 0 Å². The number of hydrogen-bond donors (Lipinski definition) is 1. The predicted octanol–water partition coefficient (Wildman–Crippen LogP) is -14.2. The first-order chi connectivity index (χ1) is 5.78. The molecule has 7 nitrogen and oxygen atoms in total. The fourth-order valence-electron chi connectivity index (χ4n) is 0.684. The quantitative estimate of drug-likeness (QED) is 0.495. The maximum absolute atomic E-state index is 10.1. The summed E-state index contributed by atoms with van der Waals surface area (Å²) in [5.41, 5.74) is -2.97. The van der Waals surface area contributed by atoms with Crippen LogP contribution in [0.25, 0.3) is 0 Å². The standard InChI is InChI=1S/C6H8O7.ClH.K.Na/c7-3(8)1-6(13,5(11)12)2-4(9)10;;;/h13H,1-2H2,(H,7,8)(H,9,10)(H,11,12);1H;;/q;;2*+1/p-4. The second kappa shape index (κ2) is 11.4. The average Bonchev–Trinajstić information content (AvgIpc) is 1.82. The summed E-state index contributed by atoms with van der Waals surface area (Å²) in [6.45, 7) is 0. The normalized spacial score (nSPS) is 8.81. The minimum absolute atomic E-state index is 0. The van der Waals surface area contributed by atoms with Gasteiger partial charge in [0, 0.05) is 24.8 Å². The van der Waals surface area contributed by atoms with Crippen molar-refractivity contribution in [3.8, 4) is 0 Å². The SMILES string of the molecule is O=C([O-])CC(O)(CC(=O)[O-])C(=O)[O-].[Cl-].[K+].[Na+]. The van der Waals surface area contributed by atoms with E-state index in [4.69, 9.17) is 5.11 Å². The second-order valence-corrected chi connectivity index (χ2v) is 2.42. The van der Waals surface area contributed by atoms with E-state index in [2.05, 4.69) is 0 Å². The third kappa shape index (κ3) is 10.5. The molecule has 0 aliphatic heterocycles. The van der Waals surface area contributed by atoms with Crippen molar-refractivity contribution in [2.24, 2.45) is 0 Å². The second-order valence-electron chi connectivity index (χ2n) is 2.42. The van der Waals surface area contributed by atoms with Crippen LogP contribution in [-0.4, -0.2) is 28.6 Å². The molecular weight excluding hydrogens is 282 g/mol. The van der Waals surface area contributed by atoms with Crippen LogP contribution in [0.3, 0.4) is 0 Å². The van der Waals surface area contributed by atoms with Gasteiger partial charge in [-0.1, -0.05) is 0 Å². The molecule has 0 heterocycles. The number of carboxylic acid groups (broad SMARTS) is 3. The maximum Gasteiger partial charge on any atom is 1.00 e. The van der Waals surface area contributed by atoms with Gasteiger partial charge in [0.1, 0.15) is 5.60 Å². The molecule has 0 aromatic rings. The molecule has 0 bridgehead atoms. The molecule has 0 fully saturated rings. The van der Waals surface area contributed by atoms with E-state index in [1.165, 1.54) is 0 Å². The smallest absolute Gasteiger partial charge is 1.00 e. The van der Waals surface area contributed by atoms with Crippen molar-refractivity contribution in [2.75, 3.05) is 0 Å². The molecule has 0 unspecified atom stereocenters. The Balaban J connectivity index is -0.000000240. The van der Waals surface area contributed by atoms with Gasteiger partial charge in [-0.2, -0.15) is 0 Å². The van der Waals surface area contributed by atoms with E-state index < -0.39 is 36.4 Å². The third-order valence-corrected chi connectivity index (χ3v) is 1.25. The molecule has 0 saturated carbocycles. The van der Waals surface area contributed by atoms with Crippen LogP contribution in [0.1, 0.15) is 12.8 Å². The van der Waals surface area contributed by atoms with E-state index in [0.29, 0.717) is 0 Å². The molecule has 0 aliphatic rings. The molecule has 0 radical (unpaired) electrons. The number of carbonyl (C=O) groups is 3. The summed E-state index contributed by atoms with van der Waals surface area (Å²) < 4.78 is 0. The maximum atomic E-state index is 10.1. The molecule has 0 aliphatic carbocycles. The Morgan fingerprint density at radius 1 is 1.00 bits per heavy atom. The molecule has 0 atom stereocenters. The molecule has 0 aromatic carbocycles. The molecule has 0 rings (SSSR count). The van der Waals surface area contributed by atoms with Crippen LogP contribution in [0, 0.1) is 0 Å². The molecule has 0 amide bonds. The van der Waals surface area contributed by atoms with Crippen molar-refractivity contribution in [3.63, 3.8) is 0 Å². The van der Waals surface area contributed by atoms with Crippen molar-refractivity contribution in [1.82, 2.24) is 0 Å². The van der Waals surface area contributed by atoms with Gasteiger partial charge in [-0.25, -0.2) is 0 Å². The Kier molecular flexibility index (Phi) is 18.5. The molecule has 0 spiro atoms. The molecule has 0 aromatic heterocycles. The summed E-state index contributed by atoms with van der Waals surface area (Å²) >= 11 is 0. The van der Waals surface area contributed by atoms with E-state index in [9.17, 15) is 29.7 Å². The molecule has 10 heteroatoms. The van der Waals surface area contributed by atoms with Gasteiger partial charge in [0.25, 0.3) is 0 Å². The van der Waals surface area contributed by atoms with Crippen molar-refractivity contribution in [3.05, 3.63) is 0 Å². The summed E-state index contributed by atoms with van der Waals surface area (Å²) in [6, 6.07) is 0. The van der Waals surface area contributed by atoms with Crippen LogP contribution >= 0.6 is 0 Å². The summed E-state index contributed by atoms with van der Waals surface area (Å²) in [4.78, 5) is 30.0. The topological polar surface area (TPSA) is 141 Å². The number of rotatable bonds is 5. The van der Waals surface area contributed by atoms with Gasteiger partial charge >= 0.3 is 80.9 Å². The number of aliphatic carboxylic acids is 3. The van der Waals surface area contributed by atoms with Gasteiger partial charge in [-0.05, 0) is 0 Å². The van der Waals surface area contributed by atoms with Crippen LogP contribution in [0.2, 0.25) is 0 Å². The Labute approximate surface area is 162 Å². The number of halogens is 1. The number of aliphatic hydroxyl groups is 1. The van der Waals surface area contributed by atoms with Gasteiger partial charge in [0.05, 0.1) is 5.97 Å². The zero-order valence-electron chi connectivity index (χ0n) is 8.69. The first-order valence-corrected chi connectivity index (χ1v) is 3.11. The average molecular weight is 287 g/mol. The Hall–Kier alpha value is 1.30. The van der Waals surface area contributed by atoms with Crippen LogP contribution in [0.4, 0.5) is 0 Å². The molecular formula is C6H5ClKNaO7-2. The van der Waals surface area contributed by atoms with Crippen LogP contribution in [-0.2, 0) is 14.4 Å². The van der Waals surface area contributed by atoms with E-state index in [0.717, 1.165) is 0 Å². The first-order valence-electron chi connectivity index (χ1n) is 3.11.